The molecule has 0 aliphatic heterocycles. The highest BCUT2D eigenvalue weighted by molar-refractivity contribution is 4.74. The third-order valence-corrected chi connectivity index (χ3v) is 1.96. The zero-order chi connectivity index (χ0) is 9.94. The van der Waals surface area contributed by atoms with Crippen molar-refractivity contribution in [2.45, 2.75) is 32.7 Å². The lowest BCUT2D eigenvalue weighted by Crippen LogP contribution is -2.38. The first-order valence-electron chi connectivity index (χ1n) is 3.73. The molecular weight excluding hydrogens is 173 g/mol. The van der Waals surface area contributed by atoms with E-state index in [-0.39, 0.29) is 6.42 Å². The van der Waals surface area contributed by atoms with Crippen LogP contribution in [0.5, 0.6) is 0 Å². The van der Waals surface area contributed by atoms with Gasteiger partial charge in [0.05, 0.1) is 0 Å². The van der Waals surface area contributed by atoms with E-state index in [2.05, 4.69) is 0 Å². The highest BCUT2D eigenvalue weighted by Crippen LogP contribution is 2.35. The third kappa shape index (κ3) is 2.98. The van der Waals surface area contributed by atoms with Crippen molar-refractivity contribution in [2.24, 2.45) is 11.8 Å². The molecule has 2 unspecified atom stereocenters. The second-order valence-corrected chi connectivity index (χ2v) is 2.87. The Morgan fingerprint density at radius 2 is 1.67 bits per heavy atom. The Hall–Kier alpha value is -0.290. The van der Waals surface area contributed by atoms with E-state index in [9.17, 15) is 13.2 Å². The monoisotopic (exact) mass is 186 g/mol. The molecule has 0 aromatic heterocycles. The first-order valence-corrected chi connectivity index (χ1v) is 3.73. The molecule has 0 spiro atoms. The molecule has 2 atom stereocenters. The highest BCUT2D eigenvalue weighted by Gasteiger charge is 2.46. The molecule has 0 heterocycles. The zero-order valence-corrected chi connectivity index (χ0v) is 6.97. The average Bonchev–Trinajstić information content (AvgIpc) is 1.83. The van der Waals surface area contributed by atoms with Gasteiger partial charge in [-0.05, 0) is 5.92 Å². The number of rotatable bonds is 3. The van der Waals surface area contributed by atoms with E-state index in [0.29, 0.717) is 0 Å². The van der Waals surface area contributed by atoms with Crippen LogP contribution in [0.15, 0.2) is 0 Å². The SMILES string of the molecule is CCC(C)C(C(O)O)C(F)(F)F. The fourth-order valence-corrected chi connectivity index (χ4v) is 1.04. The smallest absolute Gasteiger partial charge is 0.368 e. The molecule has 5 heteroatoms. The van der Waals surface area contributed by atoms with Crippen LogP contribution in [0.4, 0.5) is 13.2 Å². The van der Waals surface area contributed by atoms with Crippen LogP contribution in [-0.4, -0.2) is 22.7 Å². The Kier molecular flexibility index (Phi) is 3.99. The summed E-state index contributed by atoms with van der Waals surface area (Å²) < 4.78 is 36.3. The van der Waals surface area contributed by atoms with Gasteiger partial charge in [-0.3, -0.25) is 0 Å². The highest BCUT2D eigenvalue weighted by atomic mass is 19.4. The van der Waals surface area contributed by atoms with Crippen LogP contribution in [0, 0.1) is 11.8 Å². The molecule has 12 heavy (non-hydrogen) atoms. The number of aliphatic hydroxyl groups is 2. The van der Waals surface area contributed by atoms with E-state index in [4.69, 9.17) is 10.2 Å². The molecule has 0 amide bonds. The first-order chi connectivity index (χ1) is 5.30. The van der Waals surface area contributed by atoms with E-state index in [1.807, 2.05) is 0 Å². The van der Waals surface area contributed by atoms with Crippen LogP contribution < -0.4 is 0 Å². The predicted molar refractivity (Wildman–Crippen MR) is 37.2 cm³/mol. The lowest BCUT2D eigenvalue weighted by molar-refractivity contribution is -0.252. The van der Waals surface area contributed by atoms with Gasteiger partial charge in [-0.25, -0.2) is 0 Å². The van der Waals surface area contributed by atoms with Gasteiger partial charge in [0.1, 0.15) is 5.92 Å². The van der Waals surface area contributed by atoms with Crippen LogP contribution >= 0.6 is 0 Å². The quantitative estimate of drug-likeness (QED) is 0.656. The summed E-state index contributed by atoms with van der Waals surface area (Å²) in [4.78, 5) is 0. The van der Waals surface area contributed by atoms with E-state index in [1.54, 1.807) is 6.92 Å². The Labute approximate surface area is 69.0 Å². The van der Waals surface area contributed by atoms with Gasteiger partial charge < -0.3 is 10.2 Å². The van der Waals surface area contributed by atoms with Crippen molar-refractivity contribution < 1.29 is 23.4 Å². The molecule has 0 radical (unpaired) electrons. The summed E-state index contributed by atoms with van der Waals surface area (Å²) in [5, 5.41) is 17.0. The lowest BCUT2D eigenvalue weighted by atomic mass is 9.91. The van der Waals surface area contributed by atoms with Crippen LogP contribution in [0.3, 0.4) is 0 Å². The molecule has 0 bridgehead atoms. The molecule has 0 aliphatic carbocycles. The molecule has 74 valence electrons. The minimum Gasteiger partial charge on any atom is -0.368 e. The summed E-state index contributed by atoms with van der Waals surface area (Å²) in [7, 11) is 0. The van der Waals surface area contributed by atoms with E-state index >= 15 is 0 Å². The molecular formula is C7H13F3O2. The first kappa shape index (κ1) is 11.7. The van der Waals surface area contributed by atoms with Crippen molar-refractivity contribution in [3.63, 3.8) is 0 Å². The van der Waals surface area contributed by atoms with Gasteiger partial charge in [0.25, 0.3) is 0 Å². The van der Waals surface area contributed by atoms with Crippen molar-refractivity contribution in [2.75, 3.05) is 0 Å². The zero-order valence-electron chi connectivity index (χ0n) is 6.97. The maximum absolute atomic E-state index is 12.1. The van der Waals surface area contributed by atoms with E-state index < -0.39 is 24.3 Å². The summed E-state index contributed by atoms with van der Waals surface area (Å²) in [5.41, 5.74) is 0. The Morgan fingerprint density at radius 1 is 1.25 bits per heavy atom. The van der Waals surface area contributed by atoms with Crippen molar-refractivity contribution >= 4 is 0 Å². The maximum atomic E-state index is 12.1. The Bertz CT molecular complexity index is 133. The number of halogens is 3. The van der Waals surface area contributed by atoms with Crippen LogP contribution in [0.25, 0.3) is 0 Å². The van der Waals surface area contributed by atoms with Crippen LogP contribution in [0.2, 0.25) is 0 Å². The molecule has 0 aliphatic rings. The summed E-state index contributed by atoms with van der Waals surface area (Å²) in [5.74, 6) is -2.81. The molecule has 0 saturated carbocycles. The lowest BCUT2D eigenvalue weighted by Gasteiger charge is -2.26. The fraction of sp³-hybridized carbons (Fsp3) is 1.00. The number of hydrogen-bond donors (Lipinski definition) is 2. The largest absolute Gasteiger partial charge is 0.396 e. The summed E-state index contributed by atoms with van der Waals surface area (Å²) in [6.45, 7) is 2.92. The molecule has 0 aromatic carbocycles. The van der Waals surface area contributed by atoms with E-state index in [0.717, 1.165) is 0 Å². The predicted octanol–water partition coefficient (Wildman–Crippen LogP) is 1.52. The number of hydrogen-bond acceptors (Lipinski definition) is 2. The summed E-state index contributed by atoms with van der Waals surface area (Å²) >= 11 is 0. The van der Waals surface area contributed by atoms with Gasteiger partial charge in [0.2, 0.25) is 0 Å². The fourth-order valence-electron chi connectivity index (χ4n) is 1.04. The topological polar surface area (TPSA) is 40.5 Å². The van der Waals surface area contributed by atoms with Gasteiger partial charge in [-0.1, -0.05) is 20.3 Å². The van der Waals surface area contributed by atoms with Gasteiger partial charge in [0, 0.05) is 0 Å². The summed E-state index contributed by atoms with van der Waals surface area (Å²) in [6, 6.07) is 0. The van der Waals surface area contributed by atoms with Gasteiger partial charge >= 0.3 is 6.18 Å². The Balaban J connectivity index is 4.44. The minimum absolute atomic E-state index is 0.266. The van der Waals surface area contributed by atoms with Crippen molar-refractivity contribution in [3.05, 3.63) is 0 Å². The van der Waals surface area contributed by atoms with Gasteiger partial charge in [0.15, 0.2) is 6.29 Å². The Morgan fingerprint density at radius 3 is 1.75 bits per heavy atom. The molecule has 2 N–H and O–H groups in total. The van der Waals surface area contributed by atoms with Crippen LogP contribution in [0.1, 0.15) is 20.3 Å². The normalized spacial score (nSPS) is 18.0. The molecule has 2 nitrogen and oxygen atoms in total. The van der Waals surface area contributed by atoms with Gasteiger partial charge in [-0.2, -0.15) is 13.2 Å². The van der Waals surface area contributed by atoms with Gasteiger partial charge in [-0.15, -0.1) is 0 Å². The second kappa shape index (κ2) is 4.09. The van der Waals surface area contributed by atoms with Crippen LogP contribution in [-0.2, 0) is 0 Å². The second-order valence-electron chi connectivity index (χ2n) is 2.87. The van der Waals surface area contributed by atoms with E-state index in [1.165, 1.54) is 6.92 Å². The van der Waals surface area contributed by atoms with Crippen molar-refractivity contribution in [1.29, 1.82) is 0 Å². The average molecular weight is 186 g/mol. The molecule has 0 saturated heterocycles. The minimum atomic E-state index is -4.54. The number of alkyl halides is 3. The molecule has 0 rings (SSSR count). The third-order valence-electron chi connectivity index (χ3n) is 1.96. The molecule has 0 aromatic rings. The summed E-state index contributed by atoms with van der Waals surface area (Å²) in [6.07, 6.45) is -6.59. The standard InChI is InChI=1S/C7H13F3O2/c1-3-4(2)5(6(11)12)7(8,9)10/h4-6,11-12H,3H2,1-2H3. The van der Waals surface area contributed by atoms with Crippen molar-refractivity contribution in [1.82, 2.24) is 0 Å². The van der Waals surface area contributed by atoms with Crippen molar-refractivity contribution in [3.8, 4) is 0 Å². The number of aliphatic hydroxyl groups excluding tert-OH is 1. The maximum Gasteiger partial charge on any atom is 0.396 e. The molecule has 0 fully saturated rings.